The zero-order valence-corrected chi connectivity index (χ0v) is 11.2. The average Bonchev–Trinajstić information content (AvgIpc) is 2.31. The predicted molar refractivity (Wildman–Crippen MR) is 61.9 cm³/mol. The fourth-order valence-corrected chi connectivity index (χ4v) is 0.657. The summed E-state index contributed by atoms with van der Waals surface area (Å²) in [5.74, 6) is -1.85. The van der Waals surface area contributed by atoms with Crippen LogP contribution < -0.4 is 0 Å². The number of hydrogen-bond acceptors (Lipinski definition) is 7. The maximum atomic E-state index is 10.4. The highest BCUT2D eigenvalue weighted by atomic mass is 16.7. The summed E-state index contributed by atoms with van der Waals surface area (Å²) in [5.41, 5.74) is 0. The molecule has 0 atom stereocenters. The van der Waals surface area contributed by atoms with Crippen LogP contribution in [0.25, 0.3) is 0 Å². The number of ether oxygens (including phenoxy) is 4. The van der Waals surface area contributed by atoms with E-state index < -0.39 is 18.1 Å². The van der Waals surface area contributed by atoms with Crippen molar-refractivity contribution < 1.29 is 33.3 Å². The minimum Gasteiger partial charge on any atom is -0.458 e. The van der Waals surface area contributed by atoms with Gasteiger partial charge in [0, 0.05) is 0 Å². The van der Waals surface area contributed by atoms with Gasteiger partial charge in [0.25, 0.3) is 0 Å². The molecule has 0 aliphatic heterocycles. The summed E-state index contributed by atoms with van der Waals surface area (Å²) < 4.78 is 17.5. The Morgan fingerprint density at radius 1 is 0.611 bits per heavy atom. The van der Waals surface area contributed by atoms with E-state index in [1.807, 2.05) is 0 Å². The normalized spacial score (nSPS) is 8.44. The lowest BCUT2D eigenvalue weighted by atomic mass is 10.7. The molecule has 106 valence electrons. The average molecular weight is 264 g/mol. The summed E-state index contributed by atoms with van der Waals surface area (Å²) in [5, 5.41) is 0. The van der Waals surface area contributed by atoms with E-state index in [9.17, 15) is 14.4 Å². The highest BCUT2D eigenvalue weighted by Gasteiger charge is 2.14. The minimum absolute atomic E-state index is 0.192. The molecule has 0 aromatic heterocycles. The van der Waals surface area contributed by atoms with E-state index in [0.29, 0.717) is 13.2 Å². The molecule has 0 fully saturated rings. The van der Waals surface area contributed by atoms with Crippen molar-refractivity contribution in [1.82, 2.24) is 0 Å². The first kappa shape index (κ1) is 18.6. The molecule has 0 radical (unpaired) electrons. The van der Waals surface area contributed by atoms with E-state index in [-0.39, 0.29) is 13.2 Å². The molecule has 0 bridgehead atoms. The molecular weight excluding hydrogens is 244 g/mol. The van der Waals surface area contributed by atoms with Gasteiger partial charge >= 0.3 is 18.1 Å². The molecule has 0 amide bonds. The minimum atomic E-state index is -0.927. The highest BCUT2D eigenvalue weighted by molar-refractivity contribution is 6.29. The largest absolute Gasteiger partial charge is 0.508 e. The van der Waals surface area contributed by atoms with Gasteiger partial charge in [-0.1, -0.05) is 0 Å². The van der Waals surface area contributed by atoms with Gasteiger partial charge < -0.3 is 18.9 Å². The first-order chi connectivity index (χ1) is 8.53. The van der Waals surface area contributed by atoms with Crippen LogP contribution in [0.2, 0.25) is 0 Å². The van der Waals surface area contributed by atoms with Crippen LogP contribution in [0.1, 0.15) is 27.7 Å². The Balaban J connectivity index is 0. The lowest BCUT2D eigenvalue weighted by Gasteiger charge is -1.99. The van der Waals surface area contributed by atoms with Crippen molar-refractivity contribution in [2.75, 3.05) is 26.4 Å². The summed E-state index contributed by atoms with van der Waals surface area (Å²) >= 11 is 0. The third-order valence-corrected chi connectivity index (χ3v) is 1.24. The lowest BCUT2D eigenvalue weighted by molar-refractivity contribution is -0.167. The third kappa shape index (κ3) is 12.3. The van der Waals surface area contributed by atoms with Gasteiger partial charge in [-0.15, -0.1) is 0 Å². The Morgan fingerprint density at radius 2 is 0.889 bits per heavy atom. The van der Waals surface area contributed by atoms with Gasteiger partial charge in [0.2, 0.25) is 0 Å². The monoisotopic (exact) mass is 264 g/mol. The van der Waals surface area contributed by atoms with Gasteiger partial charge in [0.1, 0.15) is 0 Å². The summed E-state index contributed by atoms with van der Waals surface area (Å²) in [6.07, 6.45) is -0.588. The second-order valence-electron chi connectivity index (χ2n) is 2.56. The first-order valence-corrected chi connectivity index (χ1v) is 5.66. The van der Waals surface area contributed by atoms with E-state index in [1.54, 1.807) is 27.7 Å². The van der Waals surface area contributed by atoms with Crippen molar-refractivity contribution in [2.45, 2.75) is 27.7 Å². The van der Waals surface area contributed by atoms with Crippen molar-refractivity contribution in [3.8, 4) is 0 Å². The zero-order valence-electron chi connectivity index (χ0n) is 11.2. The Labute approximate surface area is 106 Å². The number of carbonyl (C=O) groups excluding carboxylic acids is 3. The SMILES string of the molecule is CCOC(=O)C(=O)OCC.CCOC(=O)OCC. The van der Waals surface area contributed by atoms with Crippen molar-refractivity contribution in [2.24, 2.45) is 0 Å². The van der Waals surface area contributed by atoms with E-state index >= 15 is 0 Å². The van der Waals surface area contributed by atoms with Crippen molar-refractivity contribution >= 4 is 18.1 Å². The molecule has 0 rings (SSSR count). The summed E-state index contributed by atoms with van der Waals surface area (Å²) in [4.78, 5) is 31.1. The molecule has 0 aromatic carbocycles. The number of carbonyl (C=O) groups is 3. The standard InChI is InChI=1S/C6H10O4.C5H10O3/c1-3-9-5(7)6(8)10-4-2;1-3-7-5(6)8-4-2/h3-4H2,1-2H3;3-4H2,1-2H3. The number of hydrogen-bond donors (Lipinski definition) is 0. The zero-order chi connectivity index (χ0) is 14.4. The summed E-state index contributed by atoms with van der Waals surface area (Å²) in [6.45, 7) is 7.84. The highest BCUT2D eigenvalue weighted by Crippen LogP contribution is 1.83. The van der Waals surface area contributed by atoms with E-state index in [2.05, 4.69) is 18.9 Å². The smallest absolute Gasteiger partial charge is 0.458 e. The van der Waals surface area contributed by atoms with Crippen LogP contribution in [-0.4, -0.2) is 44.5 Å². The van der Waals surface area contributed by atoms with Crippen LogP contribution >= 0.6 is 0 Å². The number of rotatable bonds is 4. The Bertz CT molecular complexity index is 226. The van der Waals surface area contributed by atoms with Gasteiger partial charge in [-0.3, -0.25) is 0 Å². The molecule has 0 saturated heterocycles. The molecular formula is C11H20O7. The van der Waals surface area contributed by atoms with Crippen LogP contribution in [0.3, 0.4) is 0 Å². The quantitative estimate of drug-likeness (QED) is 0.429. The molecule has 7 heteroatoms. The van der Waals surface area contributed by atoms with Crippen LogP contribution in [0.5, 0.6) is 0 Å². The molecule has 0 heterocycles. The molecule has 7 nitrogen and oxygen atoms in total. The molecule has 0 spiro atoms. The van der Waals surface area contributed by atoms with Gasteiger partial charge in [-0.2, -0.15) is 0 Å². The summed E-state index contributed by atoms with van der Waals surface area (Å²) in [7, 11) is 0. The van der Waals surface area contributed by atoms with Crippen LogP contribution in [0.4, 0.5) is 4.79 Å². The molecule has 0 aliphatic rings. The molecule has 0 aliphatic carbocycles. The Hall–Kier alpha value is -1.79. The first-order valence-electron chi connectivity index (χ1n) is 5.66. The second kappa shape index (κ2) is 13.3. The van der Waals surface area contributed by atoms with E-state index in [0.717, 1.165) is 0 Å². The van der Waals surface area contributed by atoms with Crippen LogP contribution in [-0.2, 0) is 28.5 Å². The van der Waals surface area contributed by atoms with E-state index in [4.69, 9.17) is 0 Å². The summed E-state index contributed by atoms with van der Waals surface area (Å²) in [6, 6.07) is 0. The predicted octanol–water partition coefficient (Wildman–Crippen LogP) is 1.29. The van der Waals surface area contributed by atoms with Crippen molar-refractivity contribution in [3.05, 3.63) is 0 Å². The Morgan fingerprint density at radius 3 is 1.11 bits per heavy atom. The van der Waals surface area contributed by atoms with Gasteiger partial charge in [-0.05, 0) is 27.7 Å². The van der Waals surface area contributed by atoms with Gasteiger partial charge in [0.05, 0.1) is 26.4 Å². The molecule has 0 unspecified atom stereocenters. The molecule has 0 N–H and O–H groups in total. The second-order valence-corrected chi connectivity index (χ2v) is 2.56. The third-order valence-electron chi connectivity index (χ3n) is 1.24. The topological polar surface area (TPSA) is 88.1 Å². The fourth-order valence-electron chi connectivity index (χ4n) is 0.657. The maximum absolute atomic E-state index is 10.4. The Kier molecular flexibility index (Phi) is 13.7. The maximum Gasteiger partial charge on any atom is 0.508 e. The fraction of sp³-hybridized carbons (Fsp3) is 0.727. The van der Waals surface area contributed by atoms with Crippen LogP contribution in [0, 0.1) is 0 Å². The van der Waals surface area contributed by atoms with Gasteiger partial charge in [0.15, 0.2) is 0 Å². The van der Waals surface area contributed by atoms with Crippen LogP contribution in [0.15, 0.2) is 0 Å². The van der Waals surface area contributed by atoms with Crippen molar-refractivity contribution in [3.63, 3.8) is 0 Å². The molecule has 0 aromatic rings. The molecule has 18 heavy (non-hydrogen) atoms. The lowest BCUT2D eigenvalue weighted by Crippen LogP contribution is -2.19. The molecule has 0 saturated carbocycles. The van der Waals surface area contributed by atoms with Crippen molar-refractivity contribution in [1.29, 1.82) is 0 Å². The number of esters is 2. The van der Waals surface area contributed by atoms with Gasteiger partial charge in [-0.25, -0.2) is 14.4 Å². The van der Waals surface area contributed by atoms with E-state index in [1.165, 1.54) is 0 Å².